The first-order valence-corrected chi connectivity index (χ1v) is 3.66. The van der Waals surface area contributed by atoms with E-state index >= 15 is 0 Å². The van der Waals surface area contributed by atoms with Gasteiger partial charge in [-0.05, 0) is 6.92 Å². The molecule has 0 aromatic rings. The Morgan fingerprint density at radius 3 is 2.60 bits per heavy atom. The van der Waals surface area contributed by atoms with E-state index in [-0.39, 0.29) is 6.61 Å². The van der Waals surface area contributed by atoms with Crippen LogP contribution in [0.25, 0.3) is 0 Å². The van der Waals surface area contributed by atoms with Crippen molar-refractivity contribution in [3.8, 4) is 0 Å². The normalized spacial score (nSPS) is 10.4. The summed E-state index contributed by atoms with van der Waals surface area (Å²) in [6.45, 7) is 1.80. The van der Waals surface area contributed by atoms with Crippen LogP contribution in [0.4, 0.5) is 4.79 Å². The Labute approximate surface area is 59.2 Å². The van der Waals surface area contributed by atoms with Crippen molar-refractivity contribution in [3.63, 3.8) is 0 Å². The molecule has 1 atom stereocenters. The van der Waals surface area contributed by atoms with Crippen LogP contribution in [0.2, 0.25) is 0 Å². The van der Waals surface area contributed by atoms with Crippen LogP contribution >= 0.6 is 8.25 Å². The number of ether oxygens (including phenoxy) is 1. The molecule has 0 heterocycles. The molecule has 1 unspecified atom stereocenters. The summed E-state index contributed by atoms with van der Waals surface area (Å²) in [5.74, 6) is 0. The number of hydrogen-bond donors (Lipinski definition) is 0. The Hall–Kier alpha value is -0.670. The second-order valence-electron chi connectivity index (χ2n) is 1.18. The minimum Gasteiger partial charge on any atom is -0.432 e. The quantitative estimate of drug-likeness (QED) is 0.470. The molecule has 0 aliphatic carbocycles. The second-order valence-corrected chi connectivity index (χ2v) is 2.18. The maximum atomic E-state index is 10.3. The lowest BCUT2D eigenvalue weighted by atomic mass is 10.9. The molecule has 0 aliphatic rings. The Balaban J connectivity index is 3.47. The molecule has 0 saturated heterocycles. The summed E-state index contributed by atoms with van der Waals surface area (Å²) < 4.78 is 22.8. The maximum Gasteiger partial charge on any atom is 0.756 e. The zero-order valence-electron chi connectivity index (χ0n) is 5.70. The third kappa shape index (κ3) is 4.23. The summed E-state index contributed by atoms with van der Waals surface area (Å²) in [6, 6.07) is 0. The fourth-order valence-electron chi connectivity index (χ4n) is 0.242. The Kier molecular flexibility index (Phi) is 4.80. The molecule has 0 amide bonds. The van der Waals surface area contributed by atoms with E-state index in [0.717, 1.165) is 7.11 Å². The van der Waals surface area contributed by atoms with Crippen molar-refractivity contribution < 1.29 is 23.1 Å². The maximum absolute atomic E-state index is 10.3. The lowest BCUT2D eigenvalue weighted by Crippen LogP contribution is -2.01. The molecule has 6 heteroatoms. The third-order valence-corrected chi connectivity index (χ3v) is 1.16. The van der Waals surface area contributed by atoms with Gasteiger partial charge in [-0.3, -0.25) is 0 Å². The molecular weight excluding hydrogens is 159 g/mol. The van der Waals surface area contributed by atoms with Gasteiger partial charge >= 0.3 is 14.4 Å². The van der Waals surface area contributed by atoms with Crippen LogP contribution in [0.1, 0.15) is 6.92 Å². The fourth-order valence-corrected chi connectivity index (χ4v) is 0.491. The van der Waals surface area contributed by atoms with Crippen molar-refractivity contribution in [1.82, 2.24) is 0 Å². The molecule has 0 N–H and O–H groups in total. The van der Waals surface area contributed by atoms with E-state index in [1.807, 2.05) is 0 Å². The molecule has 10 heavy (non-hydrogen) atoms. The number of hydrogen-bond acceptors (Lipinski definition) is 5. The molecule has 0 saturated carbocycles. The number of rotatable bonds is 3. The number of carbonyl (C=O) groups excluding carboxylic acids is 1. The summed E-state index contributed by atoms with van der Waals surface area (Å²) in [7, 11) is -1.19. The first kappa shape index (κ1) is 9.33. The van der Waals surface area contributed by atoms with E-state index in [2.05, 4.69) is 13.8 Å². The van der Waals surface area contributed by atoms with Crippen molar-refractivity contribution in [2.24, 2.45) is 0 Å². The molecule has 0 fully saturated rings. The SMILES string of the molecule is CCOC(=O)O[P+](=O)OC. The molecule has 0 aliphatic heterocycles. The van der Waals surface area contributed by atoms with Crippen LogP contribution in [-0.4, -0.2) is 19.9 Å². The van der Waals surface area contributed by atoms with Gasteiger partial charge in [0, 0.05) is 4.57 Å². The molecule has 0 spiro atoms. The van der Waals surface area contributed by atoms with E-state index in [0.29, 0.717) is 0 Å². The van der Waals surface area contributed by atoms with Crippen molar-refractivity contribution >= 4 is 14.4 Å². The topological polar surface area (TPSA) is 61.8 Å². The van der Waals surface area contributed by atoms with Gasteiger partial charge in [0.05, 0.1) is 13.7 Å². The highest BCUT2D eigenvalue weighted by Crippen LogP contribution is 2.21. The van der Waals surface area contributed by atoms with Gasteiger partial charge in [-0.1, -0.05) is 0 Å². The van der Waals surface area contributed by atoms with Gasteiger partial charge in [0.2, 0.25) is 0 Å². The highest BCUT2D eigenvalue weighted by Gasteiger charge is 2.24. The lowest BCUT2D eigenvalue weighted by molar-refractivity contribution is 0.101. The second kappa shape index (κ2) is 5.14. The molecule has 0 rings (SSSR count). The van der Waals surface area contributed by atoms with Crippen LogP contribution in [-0.2, 0) is 18.3 Å². The van der Waals surface area contributed by atoms with E-state index in [1.54, 1.807) is 6.92 Å². The van der Waals surface area contributed by atoms with E-state index in [4.69, 9.17) is 0 Å². The standard InChI is InChI=1S/C4H8O5P/c1-3-8-4(5)9-10(6)7-2/h3H2,1-2H3/q+1. The molecule has 58 valence electrons. The monoisotopic (exact) mass is 167 g/mol. The summed E-state index contributed by atoms with van der Waals surface area (Å²) in [4.78, 5) is 10.3. The van der Waals surface area contributed by atoms with Crippen molar-refractivity contribution in [3.05, 3.63) is 0 Å². The summed E-state index contributed by atoms with van der Waals surface area (Å²) >= 11 is 0. The predicted octanol–water partition coefficient (Wildman–Crippen LogP) is 1.46. The summed E-state index contributed by atoms with van der Waals surface area (Å²) in [5.41, 5.74) is 0. The third-order valence-electron chi connectivity index (χ3n) is 0.560. The minimum atomic E-state index is -2.35. The molecular formula is C4H8O5P+. The van der Waals surface area contributed by atoms with Crippen LogP contribution < -0.4 is 0 Å². The minimum absolute atomic E-state index is 0.186. The van der Waals surface area contributed by atoms with Gasteiger partial charge in [0.1, 0.15) is 0 Å². The van der Waals surface area contributed by atoms with Gasteiger partial charge in [0.15, 0.2) is 0 Å². The summed E-state index contributed by atoms with van der Waals surface area (Å²) in [6.07, 6.45) is -0.981. The van der Waals surface area contributed by atoms with Crippen LogP contribution in [0.5, 0.6) is 0 Å². The highest BCUT2D eigenvalue weighted by molar-refractivity contribution is 7.33. The van der Waals surface area contributed by atoms with E-state index < -0.39 is 14.4 Å². The largest absolute Gasteiger partial charge is 0.756 e. The Morgan fingerprint density at radius 1 is 1.60 bits per heavy atom. The van der Waals surface area contributed by atoms with Crippen LogP contribution in [0, 0.1) is 0 Å². The zero-order valence-corrected chi connectivity index (χ0v) is 6.59. The van der Waals surface area contributed by atoms with Gasteiger partial charge in [0.25, 0.3) is 0 Å². The van der Waals surface area contributed by atoms with Gasteiger partial charge in [-0.15, -0.1) is 9.05 Å². The molecule has 5 nitrogen and oxygen atoms in total. The first-order chi connectivity index (χ1) is 4.70. The first-order valence-electron chi connectivity index (χ1n) is 2.56. The smallest absolute Gasteiger partial charge is 0.432 e. The van der Waals surface area contributed by atoms with Crippen molar-refractivity contribution in [2.75, 3.05) is 13.7 Å². The lowest BCUT2D eigenvalue weighted by Gasteiger charge is -1.90. The average molecular weight is 167 g/mol. The fraction of sp³-hybridized carbons (Fsp3) is 0.750. The van der Waals surface area contributed by atoms with Gasteiger partial charge < -0.3 is 4.74 Å². The molecule has 0 aromatic heterocycles. The average Bonchev–Trinajstić information content (AvgIpc) is 1.88. The van der Waals surface area contributed by atoms with E-state index in [1.165, 1.54) is 0 Å². The summed E-state index contributed by atoms with van der Waals surface area (Å²) in [5, 5.41) is 0. The highest BCUT2D eigenvalue weighted by atomic mass is 31.1. The van der Waals surface area contributed by atoms with E-state index in [9.17, 15) is 9.36 Å². The Morgan fingerprint density at radius 2 is 2.20 bits per heavy atom. The van der Waals surface area contributed by atoms with Crippen molar-refractivity contribution in [2.45, 2.75) is 6.92 Å². The zero-order chi connectivity index (χ0) is 7.98. The van der Waals surface area contributed by atoms with Crippen LogP contribution in [0.3, 0.4) is 0 Å². The molecule has 0 bridgehead atoms. The Bertz CT molecular complexity index is 134. The van der Waals surface area contributed by atoms with Gasteiger partial charge in [-0.2, -0.15) is 4.79 Å². The van der Waals surface area contributed by atoms with Gasteiger partial charge in [-0.25, -0.2) is 0 Å². The molecule has 0 aromatic carbocycles. The van der Waals surface area contributed by atoms with Crippen LogP contribution in [0.15, 0.2) is 0 Å². The predicted molar refractivity (Wildman–Crippen MR) is 32.7 cm³/mol. The molecule has 0 radical (unpaired) electrons. The number of carbonyl (C=O) groups is 1. The van der Waals surface area contributed by atoms with Crippen molar-refractivity contribution in [1.29, 1.82) is 0 Å².